The second-order valence-electron chi connectivity index (χ2n) is 1.75. The van der Waals surface area contributed by atoms with Gasteiger partial charge in [0.2, 0.25) is 0 Å². The molecule has 0 saturated heterocycles. The van der Waals surface area contributed by atoms with Crippen LogP contribution >= 0.6 is 0 Å². The zero-order valence-corrected chi connectivity index (χ0v) is 4.78. The first-order valence-corrected chi connectivity index (χ1v) is 2.66. The first-order valence-electron chi connectivity index (χ1n) is 2.66. The quantitative estimate of drug-likeness (QED) is 0.388. The van der Waals surface area contributed by atoms with Crippen molar-refractivity contribution in [1.82, 2.24) is 0 Å². The Balaban J connectivity index is 2.68. The second-order valence-corrected chi connectivity index (χ2v) is 1.75. The molecule has 0 atom stereocenters. The van der Waals surface area contributed by atoms with Gasteiger partial charge in [-0.3, -0.25) is 15.1 Å². The van der Waals surface area contributed by atoms with Crippen LogP contribution in [0.3, 0.4) is 0 Å². The maximum Gasteiger partial charge on any atom is 0.264 e. The van der Waals surface area contributed by atoms with E-state index < -0.39 is 4.92 Å². The third-order valence-corrected chi connectivity index (χ3v) is 1.09. The Bertz CT molecular complexity index is 183. The summed E-state index contributed by atoms with van der Waals surface area (Å²) in [4.78, 5) is 13.3. The van der Waals surface area contributed by atoms with Gasteiger partial charge in [-0.25, -0.2) is 0 Å². The minimum Gasteiger partial charge on any atom is -0.262 e. The Morgan fingerprint density at radius 2 is 2.56 bits per heavy atom. The molecule has 1 aliphatic heterocycles. The van der Waals surface area contributed by atoms with Gasteiger partial charge in [-0.2, -0.15) is 0 Å². The fraction of sp³-hybridized carbons (Fsp3) is 0.400. The van der Waals surface area contributed by atoms with Crippen LogP contribution in [-0.4, -0.2) is 11.1 Å². The van der Waals surface area contributed by atoms with Gasteiger partial charge in [-0.1, -0.05) is 0 Å². The van der Waals surface area contributed by atoms with E-state index in [2.05, 4.69) is 4.99 Å². The summed E-state index contributed by atoms with van der Waals surface area (Å²) in [5.74, 6) is 0. The molecular weight excluding hydrogens is 120 g/mol. The van der Waals surface area contributed by atoms with Crippen LogP contribution in [0.1, 0.15) is 12.8 Å². The average Bonchev–Trinajstić information content (AvgIpc) is 1.90. The van der Waals surface area contributed by atoms with Gasteiger partial charge in [-0.05, 0) is 6.42 Å². The Labute approximate surface area is 52.1 Å². The standard InChI is InChI=1S/C5H6N2O2/c8-7(9)5-2-1-3-6-4-5/h3-4H,1-2H2. The molecule has 0 bridgehead atoms. The predicted octanol–water partition coefficient (Wildman–Crippen LogP) is 0.969. The van der Waals surface area contributed by atoms with Gasteiger partial charge in [0, 0.05) is 12.6 Å². The molecule has 0 aromatic rings. The molecule has 0 amide bonds. The normalized spacial score (nSPS) is 17.1. The Hall–Kier alpha value is -1.19. The topological polar surface area (TPSA) is 55.5 Å². The van der Waals surface area contributed by atoms with E-state index in [-0.39, 0.29) is 5.70 Å². The summed E-state index contributed by atoms with van der Waals surface area (Å²) < 4.78 is 0. The first kappa shape index (κ1) is 5.94. The van der Waals surface area contributed by atoms with E-state index in [0.717, 1.165) is 0 Å². The summed E-state index contributed by atoms with van der Waals surface area (Å²) in [7, 11) is 0. The zero-order valence-electron chi connectivity index (χ0n) is 4.78. The highest BCUT2D eigenvalue weighted by Crippen LogP contribution is 2.08. The average molecular weight is 126 g/mol. The molecule has 1 heterocycles. The van der Waals surface area contributed by atoms with Crippen molar-refractivity contribution >= 4 is 6.21 Å². The highest BCUT2D eigenvalue weighted by molar-refractivity contribution is 5.59. The lowest BCUT2D eigenvalue weighted by Gasteiger charge is -1.96. The highest BCUT2D eigenvalue weighted by Gasteiger charge is 2.10. The van der Waals surface area contributed by atoms with Crippen molar-refractivity contribution in [3.05, 3.63) is 22.0 Å². The fourth-order valence-corrected chi connectivity index (χ4v) is 0.629. The third-order valence-electron chi connectivity index (χ3n) is 1.09. The van der Waals surface area contributed by atoms with Crippen LogP contribution < -0.4 is 0 Å². The molecule has 48 valence electrons. The van der Waals surface area contributed by atoms with Crippen molar-refractivity contribution in [3.8, 4) is 0 Å². The largest absolute Gasteiger partial charge is 0.264 e. The summed E-state index contributed by atoms with van der Waals surface area (Å²) >= 11 is 0. The Morgan fingerprint density at radius 1 is 1.78 bits per heavy atom. The molecule has 0 N–H and O–H groups in total. The van der Waals surface area contributed by atoms with Crippen LogP contribution in [0.2, 0.25) is 0 Å². The number of hydrogen-bond acceptors (Lipinski definition) is 3. The van der Waals surface area contributed by atoms with Crippen LogP contribution in [0.15, 0.2) is 16.9 Å². The Kier molecular flexibility index (Phi) is 1.58. The Morgan fingerprint density at radius 3 is 2.89 bits per heavy atom. The minimum absolute atomic E-state index is 0.206. The van der Waals surface area contributed by atoms with Gasteiger partial charge in [-0.15, -0.1) is 0 Å². The summed E-state index contributed by atoms with van der Waals surface area (Å²) in [6, 6.07) is 0. The minimum atomic E-state index is -0.392. The predicted molar refractivity (Wildman–Crippen MR) is 32.8 cm³/mol. The smallest absolute Gasteiger partial charge is 0.262 e. The molecule has 0 spiro atoms. The van der Waals surface area contributed by atoms with Crippen LogP contribution in [0.5, 0.6) is 0 Å². The number of aliphatic imine (C=N–C) groups is 1. The first-order chi connectivity index (χ1) is 4.30. The molecule has 0 unspecified atom stereocenters. The van der Waals surface area contributed by atoms with Crippen molar-refractivity contribution in [2.24, 2.45) is 4.99 Å². The summed E-state index contributed by atoms with van der Waals surface area (Å²) in [5.41, 5.74) is 0.206. The fourth-order valence-electron chi connectivity index (χ4n) is 0.629. The molecule has 4 heteroatoms. The van der Waals surface area contributed by atoms with Gasteiger partial charge in [0.05, 0.1) is 11.1 Å². The number of allylic oxidation sites excluding steroid dienone is 1. The van der Waals surface area contributed by atoms with Gasteiger partial charge in [0.1, 0.15) is 0 Å². The van der Waals surface area contributed by atoms with Gasteiger partial charge >= 0.3 is 0 Å². The van der Waals surface area contributed by atoms with E-state index in [9.17, 15) is 10.1 Å². The van der Waals surface area contributed by atoms with Crippen molar-refractivity contribution in [2.75, 3.05) is 0 Å². The molecule has 1 aliphatic rings. The van der Waals surface area contributed by atoms with Crippen LogP contribution in [0.4, 0.5) is 0 Å². The summed E-state index contributed by atoms with van der Waals surface area (Å²) in [6.45, 7) is 0. The van der Waals surface area contributed by atoms with Crippen LogP contribution in [0.25, 0.3) is 0 Å². The lowest BCUT2D eigenvalue weighted by molar-refractivity contribution is -0.428. The van der Waals surface area contributed by atoms with Crippen molar-refractivity contribution in [3.63, 3.8) is 0 Å². The zero-order chi connectivity index (χ0) is 6.69. The molecule has 4 nitrogen and oxygen atoms in total. The molecule has 0 fully saturated rings. The highest BCUT2D eigenvalue weighted by atomic mass is 16.6. The van der Waals surface area contributed by atoms with E-state index >= 15 is 0 Å². The molecule has 0 aromatic heterocycles. The third kappa shape index (κ3) is 1.35. The van der Waals surface area contributed by atoms with E-state index in [0.29, 0.717) is 12.8 Å². The van der Waals surface area contributed by atoms with Gasteiger partial charge < -0.3 is 0 Å². The monoisotopic (exact) mass is 126 g/mol. The number of nitro groups is 1. The van der Waals surface area contributed by atoms with Gasteiger partial charge in [0.25, 0.3) is 5.70 Å². The lowest BCUT2D eigenvalue weighted by Crippen LogP contribution is -2.00. The second kappa shape index (κ2) is 2.39. The molecule has 0 saturated carbocycles. The molecule has 1 rings (SSSR count). The van der Waals surface area contributed by atoms with Crippen molar-refractivity contribution in [2.45, 2.75) is 12.8 Å². The van der Waals surface area contributed by atoms with Crippen LogP contribution in [-0.2, 0) is 0 Å². The SMILES string of the molecule is O=[N+]([O-])C1=CN=CCC1. The molecule has 0 aromatic carbocycles. The van der Waals surface area contributed by atoms with E-state index in [4.69, 9.17) is 0 Å². The molecule has 0 aliphatic carbocycles. The van der Waals surface area contributed by atoms with E-state index in [1.165, 1.54) is 6.20 Å². The van der Waals surface area contributed by atoms with Crippen molar-refractivity contribution < 1.29 is 4.92 Å². The number of hydrogen-bond donors (Lipinski definition) is 0. The van der Waals surface area contributed by atoms with Crippen molar-refractivity contribution in [1.29, 1.82) is 0 Å². The van der Waals surface area contributed by atoms with Crippen LogP contribution in [0, 0.1) is 10.1 Å². The van der Waals surface area contributed by atoms with E-state index in [1.807, 2.05) is 0 Å². The molecule has 9 heavy (non-hydrogen) atoms. The summed E-state index contributed by atoms with van der Waals surface area (Å²) in [5, 5.41) is 10.0. The van der Waals surface area contributed by atoms with E-state index in [1.54, 1.807) is 6.21 Å². The molecule has 0 radical (unpaired) electrons. The summed E-state index contributed by atoms with van der Waals surface area (Å²) in [6.07, 6.45) is 4.17. The maximum absolute atomic E-state index is 10.0. The number of rotatable bonds is 1. The molecular formula is C5H6N2O2. The number of nitrogens with zero attached hydrogens (tertiary/aromatic N) is 2. The van der Waals surface area contributed by atoms with Gasteiger partial charge in [0.15, 0.2) is 0 Å². The maximum atomic E-state index is 10.0. The lowest BCUT2D eigenvalue weighted by atomic mass is 10.2.